The highest BCUT2D eigenvalue weighted by Crippen LogP contribution is 2.13. The van der Waals surface area contributed by atoms with Crippen LogP contribution in [0.3, 0.4) is 0 Å². The molecule has 3 nitrogen and oxygen atoms in total. The Balaban J connectivity index is 2.22. The largest absolute Gasteiger partial charge is 0.383 e. The summed E-state index contributed by atoms with van der Waals surface area (Å²) in [4.78, 5) is 0. The molecule has 1 fully saturated rings. The third-order valence-corrected chi connectivity index (χ3v) is 1.71. The molecular weight excluding hydrogens is 118 g/mol. The van der Waals surface area contributed by atoms with Crippen molar-refractivity contribution in [3.63, 3.8) is 0 Å². The zero-order valence-electron chi connectivity index (χ0n) is 5.71. The summed E-state index contributed by atoms with van der Waals surface area (Å²) < 4.78 is 4.89. The Labute approximate surface area is 55.2 Å². The van der Waals surface area contributed by atoms with E-state index >= 15 is 0 Å². The SMILES string of the molecule is COC[C@@H]1CCCN1O. The van der Waals surface area contributed by atoms with Crippen molar-refractivity contribution in [3.05, 3.63) is 0 Å². The topological polar surface area (TPSA) is 32.7 Å². The normalized spacial score (nSPS) is 29.3. The first-order chi connectivity index (χ1) is 4.34. The minimum absolute atomic E-state index is 0.245. The lowest BCUT2D eigenvalue weighted by atomic mass is 10.2. The fraction of sp³-hybridized carbons (Fsp3) is 1.00. The first-order valence-corrected chi connectivity index (χ1v) is 3.29. The second kappa shape index (κ2) is 3.15. The Kier molecular flexibility index (Phi) is 2.45. The van der Waals surface area contributed by atoms with Crippen molar-refractivity contribution in [1.82, 2.24) is 5.06 Å². The van der Waals surface area contributed by atoms with Crippen LogP contribution < -0.4 is 0 Å². The van der Waals surface area contributed by atoms with Gasteiger partial charge in [0.25, 0.3) is 0 Å². The van der Waals surface area contributed by atoms with E-state index < -0.39 is 0 Å². The fourth-order valence-corrected chi connectivity index (χ4v) is 1.18. The molecule has 1 atom stereocenters. The molecule has 1 rings (SSSR count). The molecule has 0 aliphatic carbocycles. The van der Waals surface area contributed by atoms with Gasteiger partial charge in [0.1, 0.15) is 0 Å². The monoisotopic (exact) mass is 131 g/mol. The van der Waals surface area contributed by atoms with Crippen molar-refractivity contribution in [1.29, 1.82) is 0 Å². The van der Waals surface area contributed by atoms with Gasteiger partial charge in [-0.1, -0.05) is 0 Å². The average molecular weight is 131 g/mol. The minimum atomic E-state index is 0.245. The Morgan fingerprint density at radius 2 is 2.56 bits per heavy atom. The van der Waals surface area contributed by atoms with Crippen LogP contribution in [-0.4, -0.2) is 36.6 Å². The van der Waals surface area contributed by atoms with Crippen molar-refractivity contribution in [3.8, 4) is 0 Å². The van der Waals surface area contributed by atoms with Gasteiger partial charge >= 0.3 is 0 Å². The van der Waals surface area contributed by atoms with Crippen LogP contribution >= 0.6 is 0 Å². The lowest BCUT2D eigenvalue weighted by Gasteiger charge is -2.15. The summed E-state index contributed by atoms with van der Waals surface area (Å²) in [5.74, 6) is 0. The van der Waals surface area contributed by atoms with Crippen molar-refractivity contribution in [2.24, 2.45) is 0 Å². The number of ether oxygens (including phenoxy) is 1. The first-order valence-electron chi connectivity index (χ1n) is 3.29. The maximum atomic E-state index is 9.07. The second-order valence-electron chi connectivity index (χ2n) is 2.41. The highest BCUT2D eigenvalue weighted by molar-refractivity contribution is 4.71. The molecule has 9 heavy (non-hydrogen) atoms. The summed E-state index contributed by atoms with van der Waals surface area (Å²) in [5.41, 5.74) is 0. The van der Waals surface area contributed by atoms with Crippen molar-refractivity contribution >= 4 is 0 Å². The van der Waals surface area contributed by atoms with Crippen molar-refractivity contribution in [2.75, 3.05) is 20.3 Å². The summed E-state index contributed by atoms with van der Waals surface area (Å²) in [7, 11) is 1.66. The summed E-state index contributed by atoms with van der Waals surface area (Å²) in [6.07, 6.45) is 2.15. The van der Waals surface area contributed by atoms with Crippen LogP contribution in [0.2, 0.25) is 0 Å². The number of hydrogen-bond acceptors (Lipinski definition) is 3. The number of hydroxylamine groups is 2. The first kappa shape index (κ1) is 6.99. The van der Waals surface area contributed by atoms with Gasteiger partial charge in [0, 0.05) is 13.7 Å². The molecular formula is C6H13NO2. The van der Waals surface area contributed by atoms with E-state index in [9.17, 15) is 0 Å². The van der Waals surface area contributed by atoms with Gasteiger partial charge in [-0.05, 0) is 12.8 Å². The van der Waals surface area contributed by atoms with E-state index in [2.05, 4.69) is 0 Å². The van der Waals surface area contributed by atoms with Crippen LogP contribution in [0.15, 0.2) is 0 Å². The molecule has 0 spiro atoms. The van der Waals surface area contributed by atoms with Crippen LogP contribution in [0.5, 0.6) is 0 Å². The van der Waals surface area contributed by atoms with E-state index in [0.717, 1.165) is 19.4 Å². The fourth-order valence-electron chi connectivity index (χ4n) is 1.18. The summed E-state index contributed by atoms with van der Waals surface area (Å²) in [5, 5.41) is 10.4. The van der Waals surface area contributed by atoms with E-state index in [4.69, 9.17) is 9.94 Å². The van der Waals surface area contributed by atoms with E-state index in [0.29, 0.717) is 6.61 Å². The quantitative estimate of drug-likeness (QED) is 0.592. The zero-order valence-corrected chi connectivity index (χ0v) is 5.71. The molecule has 3 heteroatoms. The van der Waals surface area contributed by atoms with Gasteiger partial charge in [-0.3, -0.25) is 0 Å². The third-order valence-electron chi connectivity index (χ3n) is 1.71. The highest BCUT2D eigenvalue weighted by Gasteiger charge is 2.21. The van der Waals surface area contributed by atoms with Gasteiger partial charge in [-0.15, -0.1) is 0 Å². The molecule has 1 saturated heterocycles. The Morgan fingerprint density at radius 1 is 1.78 bits per heavy atom. The molecule has 54 valence electrons. The molecule has 0 aromatic carbocycles. The van der Waals surface area contributed by atoms with Crippen molar-refractivity contribution < 1.29 is 9.94 Å². The summed E-state index contributed by atoms with van der Waals surface area (Å²) >= 11 is 0. The number of hydrogen-bond donors (Lipinski definition) is 1. The van der Waals surface area contributed by atoms with Crippen LogP contribution in [0.25, 0.3) is 0 Å². The molecule has 1 aliphatic rings. The second-order valence-corrected chi connectivity index (χ2v) is 2.41. The summed E-state index contributed by atoms with van der Waals surface area (Å²) in [6, 6.07) is 0.245. The minimum Gasteiger partial charge on any atom is -0.383 e. The van der Waals surface area contributed by atoms with Crippen LogP contribution in [0, 0.1) is 0 Å². The molecule has 0 unspecified atom stereocenters. The maximum absolute atomic E-state index is 9.07. The van der Waals surface area contributed by atoms with E-state index in [1.54, 1.807) is 7.11 Å². The molecule has 1 aliphatic heterocycles. The molecule has 0 radical (unpaired) electrons. The summed E-state index contributed by atoms with van der Waals surface area (Å²) in [6.45, 7) is 1.45. The number of rotatable bonds is 2. The maximum Gasteiger partial charge on any atom is 0.0641 e. The van der Waals surface area contributed by atoms with Gasteiger partial charge < -0.3 is 9.94 Å². The molecule has 0 bridgehead atoms. The van der Waals surface area contributed by atoms with Crippen LogP contribution in [0.1, 0.15) is 12.8 Å². The van der Waals surface area contributed by atoms with Crippen LogP contribution in [0.4, 0.5) is 0 Å². The van der Waals surface area contributed by atoms with Gasteiger partial charge in [-0.25, -0.2) is 0 Å². The molecule has 1 heterocycles. The van der Waals surface area contributed by atoms with Gasteiger partial charge in [-0.2, -0.15) is 5.06 Å². The Bertz CT molecular complexity index is 87.1. The highest BCUT2D eigenvalue weighted by atomic mass is 16.5. The Morgan fingerprint density at radius 3 is 3.00 bits per heavy atom. The number of nitrogens with zero attached hydrogens (tertiary/aromatic N) is 1. The predicted molar refractivity (Wildman–Crippen MR) is 33.4 cm³/mol. The standard InChI is InChI=1S/C6H13NO2/c1-9-5-6-3-2-4-7(6)8/h6,8H,2-5H2,1H3/t6-/m0/s1. The van der Waals surface area contributed by atoms with Gasteiger partial charge in [0.2, 0.25) is 0 Å². The lowest BCUT2D eigenvalue weighted by molar-refractivity contribution is -0.116. The van der Waals surface area contributed by atoms with E-state index in [1.807, 2.05) is 0 Å². The molecule has 0 aromatic rings. The average Bonchev–Trinajstić information content (AvgIpc) is 2.18. The number of methoxy groups -OCH3 is 1. The molecule has 0 saturated carbocycles. The van der Waals surface area contributed by atoms with Crippen molar-refractivity contribution in [2.45, 2.75) is 18.9 Å². The molecule has 0 aromatic heterocycles. The van der Waals surface area contributed by atoms with Crippen LogP contribution in [-0.2, 0) is 4.74 Å². The predicted octanol–water partition coefficient (Wildman–Crippen LogP) is 0.486. The van der Waals surface area contributed by atoms with E-state index in [1.165, 1.54) is 5.06 Å². The van der Waals surface area contributed by atoms with E-state index in [-0.39, 0.29) is 6.04 Å². The third kappa shape index (κ3) is 1.64. The smallest absolute Gasteiger partial charge is 0.0641 e. The molecule has 1 N–H and O–H groups in total. The zero-order chi connectivity index (χ0) is 6.69. The lowest BCUT2D eigenvalue weighted by Crippen LogP contribution is -2.29. The van der Waals surface area contributed by atoms with Gasteiger partial charge in [0.15, 0.2) is 0 Å². The Hall–Kier alpha value is -0.120. The van der Waals surface area contributed by atoms with Gasteiger partial charge in [0.05, 0.1) is 12.6 Å². The molecule has 0 amide bonds.